The molecule has 0 heterocycles. The van der Waals surface area contributed by atoms with E-state index in [-0.39, 0.29) is 23.2 Å². The highest BCUT2D eigenvalue weighted by Crippen LogP contribution is 2.68. The molecule has 4 aliphatic rings. The summed E-state index contributed by atoms with van der Waals surface area (Å²) in [5.74, 6) is 6.50. The number of esters is 1. The lowest BCUT2D eigenvalue weighted by Gasteiger charge is -2.62. The zero-order valence-electron chi connectivity index (χ0n) is 28.2. The summed E-state index contributed by atoms with van der Waals surface area (Å²) < 4.78 is 11.6. The molecular formula is C39H60O4. The Labute approximate surface area is 262 Å². The summed E-state index contributed by atoms with van der Waals surface area (Å²) in [5, 5.41) is 9.91. The van der Waals surface area contributed by atoms with E-state index in [4.69, 9.17) is 9.47 Å². The van der Waals surface area contributed by atoms with E-state index in [0.717, 1.165) is 53.9 Å². The Hall–Kier alpha value is -1.97. The molecule has 10 atom stereocenters. The van der Waals surface area contributed by atoms with Crippen LogP contribution in [0.4, 0.5) is 0 Å². The number of aromatic hydroxyl groups is 1. The van der Waals surface area contributed by atoms with Gasteiger partial charge in [0.2, 0.25) is 0 Å². The maximum Gasteiger partial charge on any atom is 0.331 e. The maximum absolute atomic E-state index is 13.2. The summed E-state index contributed by atoms with van der Waals surface area (Å²) in [6.45, 7) is 15.0. The molecule has 0 saturated heterocycles. The Kier molecular flexibility index (Phi) is 9.94. The van der Waals surface area contributed by atoms with Gasteiger partial charge in [0.25, 0.3) is 0 Å². The van der Waals surface area contributed by atoms with Gasteiger partial charge in [-0.1, -0.05) is 60.5 Å². The first-order valence-electron chi connectivity index (χ1n) is 17.8. The number of ether oxygens (including phenoxy) is 2. The standard InChI is InChI=1S/C39H60O4/c1-8-28(25(2)3)15-12-26(4)31-18-19-32-30-17-16-29-10-9-11-36(39(29,6)33(30)22-23-38(31,32)5)43-37(41)21-14-27-13-20-34(40)35(24-27)42-7/h13-14,20-21,24-26,28-33,36,40H,8-12,15-19,22-23H2,1-7H3/t26-,28-,29?,30+,31-,32+,33+,36?,38-,39+/m1/s1. The lowest BCUT2D eigenvalue weighted by molar-refractivity contribution is -0.188. The fourth-order valence-corrected chi connectivity index (χ4v) is 11.3. The van der Waals surface area contributed by atoms with E-state index in [9.17, 15) is 9.90 Å². The van der Waals surface area contributed by atoms with Gasteiger partial charge in [-0.25, -0.2) is 4.79 Å². The molecule has 240 valence electrons. The van der Waals surface area contributed by atoms with Crippen LogP contribution in [0.15, 0.2) is 24.3 Å². The molecular weight excluding hydrogens is 532 g/mol. The summed E-state index contributed by atoms with van der Waals surface area (Å²) >= 11 is 0. The van der Waals surface area contributed by atoms with Gasteiger partial charge < -0.3 is 14.6 Å². The van der Waals surface area contributed by atoms with Crippen molar-refractivity contribution in [2.75, 3.05) is 7.11 Å². The van der Waals surface area contributed by atoms with Gasteiger partial charge in [-0.15, -0.1) is 0 Å². The number of carbonyl (C=O) groups excluding carboxylic acids is 1. The van der Waals surface area contributed by atoms with E-state index in [1.165, 1.54) is 71.3 Å². The number of benzene rings is 1. The normalized spacial score (nSPS) is 36.9. The Morgan fingerprint density at radius 3 is 2.53 bits per heavy atom. The molecule has 4 heteroatoms. The summed E-state index contributed by atoms with van der Waals surface area (Å²) in [6, 6.07) is 5.12. The third kappa shape index (κ3) is 6.15. The average molecular weight is 593 g/mol. The highest BCUT2D eigenvalue weighted by atomic mass is 16.5. The number of methoxy groups -OCH3 is 1. The topological polar surface area (TPSA) is 55.8 Å². The molecule has 4 saturated carbocycles. The van der Waals surface area contributed by atoms with Crippen LogP contribution in [-0.4, -0.2) is 24.3 Å². The molecule has 0 spiro atoms. The molecule has 4 aliphatic carbocycles. The van der Waals surface area contributed by atoms with Crippen molar-refractivity contribution in [1.29, 1.82) is 0 Å². The minimum Gasteiger partial charge on any atom is -0.504 e. The van der Waals surface area contributed by atoms with Crippen LogP contribution in [-0.2, 0) is 9.53 Å². The molecule has 0 aromatic heterocycles. The molecule has 1 aromatic rings. The summed E-state index contributed by atoms with van der Waals surface area (Å²) in [7, 11) is 1.53. The van der Waals surface area contributed by atoms with Gasteiger partial charge >= 0.3 is 5.97 Å². The Balaban J connectivity index is 1.28. The van der Waals surface area contributed by atoms with Crippen LogP contribution in [0.3, 0.4) is 0 Å². The molecule has 0 radical (unpaired) electrons. The Bertz CT molecular complexity index is 1140. The second kappa shape index (κ2) is 13.2. The zero-order valence-corrected chi connectivity index (χ0v) is 28.2. The van der Waals surface area contributed by atoms with Crippen molar-refractivity contribution >= 4 is 12.0 Å². The first-order valence-corrected chi connectivity index (χ1v) is 17.8. The third-order valence-electron chi connectivity index (χ3n) is 13.8. The molecule has 0 amide bonds. The average Bonchev–Trinajstić information content (AvgIpc) is 3.34. The molecule has 0 aliphatic heterocycles. The molecule has 1 aromatic carbocycles. The van der Waals surface area contributed by atoms with Crippen LogP contribution in [0.5, 0.6) is 11.5 Å². The fourth-order valence-electron chi connectivity index (χ4n) is 11.3. The van der Waals surface area contributed by atoms with Gasteiger partial charge in [-0.2, -0.15) is 0 Å². The highest BCUT2D eigenvalue weighted by Gasteiger charge is 2.62. The van der Waals surface area contributed by atoms with Crippen LogP contribution in [0.2, 0.25) is 0 Å². The van der Waals surface area contributed by atoms with E-state index >= 15 is 0 Å². The van der Waals surface area contributed by atoms with Gasteiger partial charge in [0.1, 0.15) is 6.10 Å². The Morgan fingerprint density at radius 2 is 1.81 bits per heavy atom. The van der Waals surface area contributed by atoms with Gasteiger partial charge in [-0.3, -0.25) is 0 Å². The first kappa shape index (κ1) is 32.4. The largest absolute Gasteiger partial charge is 0.504 e. The summed E-state index contributed by atoms with van der Waals surface area (Å²) in [5.41, 5.74) is 1.35. The number of hydrogen-bond donors (Lipinski definition) is 1. The van der Waals surface area contributed by atoms with Gasteiger partial charge in [-0.05, 0) is 141 Å². The molecule has 2 unspecified atom stereocenters. The van der Waals surface area contributed by atoms with E-state index in [0.29, 0.717) is 23.0 Å². The number of phenols is 1. The van der Waals surface area contributed by atoms with Crippen molar-refractivity contribution < 1.29 is 19.4 Å². The van der Waals surface area contributed by atoms with Crippen molar-refractivity contribution in [1.82, 2.24) is 0 Å². The maximum atomic E-state index is 13.2. The van der Waals surface area contributed by atoms with E-state index < -0.39 is 0 Å². The van der Waals surface area contributed by atoms with Crippen molar-refractivity contribution in [3.63, 3.8) is 0 Å². The van der Waals surface area contributed by atoms with Gasteiger partial charge in [0, 0.05) is 11.5 Å². The van der Waals surface area contributed by atoms with E-state index in [2.05, 4.69) is 41.5 Å². The quantitative estimate of drug-likeness (QED) is 0.217. The molecule has 5 rings (SSSR count). The lowest BCUT2D eigenvalue weighted by atomic mass is 9.44. The van der Waals surface area contributed by atoms with Crippen LogP contribution in [0, 0.1) is 58.2 Å². The van der Waals surface area contributed by atoms with Crippen molar-refractivity contribution in [3.8, 4) is 11.5 Å². The minimum atomic E-state index is -0.247. The number of fused-ring (bicyclic) bond motifs is 5. The molecule has 43 heavy (non-hydrogen) atoms. The lowest BCUT2D eigenvalue weighted by Crippen LogP contribution is -2.58. The van der Waals surface area contributed by atoms with E-state index in [1.807, 2.05) is 0 Å². The van der Waals surface area contributed by atoms with E-state index in [1.54, 1.807) is 30.4 Å². The van der Waals surface area contributed by atoms with Gasteiger partial charge in [0.05, 0.1) is 7.11 Å². The monoisotopic (exact) mass is 592 g/mol. The highest BCUT2D eigenvalue weighted by molar-refractivity contribution is 5.87. The van der Waals surface area contributed by atoms with Crippen LogP contribution < -0.4 is 4.74 Å². The number of phenolic OH excluding ortho intramolecular Hbond substituents is 1. The van der Waals surface area contributed by atoms with Crippen molar-refractivity contribution in [2.24, 2.45) is 58.2 Å². The van der Waals surface area contributed by atoms with Crippen molar-refractivity contribution in [3.05, 3.63) is 29.8 Å². The molecule has 4 fully saturated rings. The number of carbonyl (C=O) groups is 1. The second-order valence-electron chi connectivity index (χ2n) is 15.8. The fraction of sp³-hybridized carbons (Fsp3) is 0.769. The summed E-state index contributed by atoms with van der Waals surface area (Å²) in [4.78, 5) is 13.2. The predicted octanol–water partition coefficient (Wildman–Crippen LogP) is 10.1. The van der Waals surface area contributed by atoms with Crippen LogP contribution >= 0.6 is 0 Å². The Morgan fingerprint density at radius 1 is 1.02 bits per heavy atom. The second-order valence-corrected chi connectivity index (χ2v) is 15.8. The number of rotatable bonds is 10. The molecule has 0 bridgehead atoms. The number of hydrogen-bond acceptors (Lipinski definition) is 4. The minimum absolute atomic E-state index is 0.00644. The smallest absolute Gasteiger partial charge is 0.331 e. The predicted molar refractivity (Wildman–Crippen MR) is 176 cm³/mol. The van der Waals surface area contributed by atoms with Crippen molar-refractivity contribution in [2.45, 2.75) is 125 Å². The molecule has 4 nitrogen and oxygen atoms in total. The van der Waals surface area contributed by atoms with Crippen LogP contribution in [0.1, 0.15) is 124 Å². The first-order chi connectivity index (χ1) is 20.5. The molecule has 1 N–H and O–H groups in total. The van der Waals surface area contributed by atoms with Gasteiger partial charge in [0.15, 0.2) is 11.5 Å². The van der Waals surface area contributed by atoms with Crippen LogP contribution in [0.25, 0.3) is 6.08 Å². The summed E-state index contributed by atoms with van der Waals surface area (Å²) in [6.07, 6.45) is 19.0. The third-order valence-corrected chi connectivity index (χ3v) is 13.8. The zero-order chi connectivity index (χ0) is 30.9. The SMILES string of the molecule is CC[C@H](CC[C@@H](C)[C@H]1CC[C@H]2[C@@H]3CCC4CCCC(OC(=O)C=Cc5ccc(O)c(OC)c5)[C@]4(C)[C@H]3CC[C@]12C)C(C)C.